The van der Waals surface area contributed by atoms with Crippen molar-refractivity contribution in [2.45, 2.75) is 19.8 Å². The second-order valence-electron chi connectivity index (χ2n) is 3.86. The van der Waals surface area contributed by atoms with E-state index in [-0.39, 0.29) is 18.7 Å². The summed E-state index contributed by atoms with van der Waals surface area (Å²) in [5.74, 6) is -0.204. The standard InChI is InChI=1S/C12H12FN3O2/c1-8-14-11(5-6-12(17)18)15-16(8)10-4-2-3-9(13)7-10/h2-4,7H,5-6H2,1H3,(H,17,18). The van der Waals surface area contributed by atoms with Gasteiger partial charge in [0.05, 0.1) is 12.1 Å². The van der Waals surface area contributed by atoms with Crippen molar-refractivity contribution < 1.29 is 14.3 Å². The first kappa shape index (κ1) is 12.2. The van der Waals surface area contributed by atoms with E-state index in [0.717, 1.165) is 0 Å². The number of carboxylic acid groups (broad SMARTS) is 1. The lowest BCUT2D eigenvalue weighted by molar-refractivity contribution is -0.137. The molecule has 0 spiro atoms. The molecule has 0 bridgehead atoms. The fourth-order valence-electron chi connectivity index (χ4n) is 1.62. The highest BCUT2D eigenvalue weighted by Crippen LogP contribution is 2.11. The predicted molar refractivity (Wildman–Crippen MR) is 62.0 cm³/mol. The Morgan fingerprint density at radius 3 is 2.94 bits per heavy atom. The van der Waals surface area contributed by atoms with E-state index in [9.17, 15) is 9.18 Å². The first-order chi connectivity index (χ1) is 8.56. The van der Waals surface area contributed by atoms with E-state index in [1.165, 1.54) is 16.8 Å². The van der Waals surface area contributed by atoms with E-state index in [1.807, 2.05) is 0 Å². The first-order valence-electron chi connectivity index (χ1n) is 5.46. The molecule has 0 aliphatic rings. The van der Waals surface area contributed by atoms with Crippen LogP contribution >= 0.6 is 0 Å². The summed E-state index contributed by atoms with van der Waals surface area (Å²) < 4.78 is 14.6. The number of halogens is 1. The molecule has 0 fully saturated rings. The summed E-state index contributed by atoms with van der Waals surface area (Å²) in [7, 11) is 0. The Morgan fingerprint density at radius 1 is 1.50 bits per heavy atom. The second-order valence-corrected chi connectivity index (χ2v) is 3.86. The lowest BCUT2D eigenvalue weighted by Crippen LogP contribution is -2.01. The van der Waals surface area contributed by atoms with E-state index in [0.29, 0.717) is 17.3 Å². The molecule has 1 heterocycles. The van der Waals surface area contributed by atoms with Crippen LogP contribution in [0.15, 0.2) is 24.3 Å². The summed E-state index contributed by atoms with van der Waals surface area (Å²) in [5.41, 5.74) is 0.571. The summed E-state index contributed by atoms with van der Waals surface area (Å²) in [6, 6.07) is 6.00. The first-order valence-corrected chi connectivity index (χ1v) is 5.46. The van der Waals surface area contributed by atoms with Gasteiger partial charge in [-0.2, -0.15) is 5.10 Å². The molecule has 0 aliphatic heterocycles. The highest BCUT2D eigenvalue weighted by molar-refractivity contribution is 5.66. The summed E-state index contributed by atoms with van der Waals surface area (Å²) in [5, 5.41) is 12.8. The highest BCUT2D eigenvalue weighted by Gasteiger charge is 2.09. The minimum absolute atomic E-state index is 0.0212. The Balaban J connectivity index is 2.26. The third kappa shape index (κ3) is 2.71. The van der Waals surface area contributed by atoms with E-state index in [2.05, 4.69) is 10.1 Å². The Hall–Kier alpha value is -2.24. The van der Waals surface area contributed by atoms with Crippen LogP contribution in [0.4, 0.5) is 4.39 Å². The van der Waals surface area contributed by atoms with Gasteiger partial charge in [-0.25, -0.2) is 14.1 Å². The van der Waals surface area contributed by atoms with Crippen LogP contribution in [0.25, 0.3) is 5.69 Å². The zero-order valence-corrected chi connectivity index (χ0v) is 9.80. The summed E-state index contributed by atoms with van der Waals surface area (Å²) in [6.45, 7) is 1.74. The minimum atomic E-state index is -0.894. The van der Waals surface area contributed by atoms with Crippen molar-refractivity contribution in [1.29, 1.82) is 0 Å². The molecule has 6 heteroatoms. The molecule has 2 rings (SSSR count). The zero-order chi connectivity index (χ0) is 13.1. The molecule has 18 heavy (non-hydrogen) atoms. The minimum Gasteiger partial charge on any atom is -0.481 e. The van der Waals surface area contributed by atoms with Gasteiger partial charge in [0.1, 0.15) is 11.6 Å². The predicted octanol–water partition coefficient (Wildman–Crippen LogP) is 1.73. The number of benzene rings is 1. The van der Waals surface area contributed by atoms with E-state index >= 15 is 0 Å². The summed E-state index contributed by atoms with van der Waals surface area (Å²) in [6.07, 6.45) is 0.241. The highest BCUT2D eigenvalue weighted by atomic mass is 19.1. The van der Waals surface area contributed by atoms with Crippen LogP contribution in [0.3, 0.4) is 0 Å². The van der Waals surface area contributed by atoms with E-state index in [4.69, 9.17) is 5.11 Å². The average molecular weight is 249 g/mol. The number of nitrogens with zero attached hydrogens (tertiary/aromatic N) is 3. The number of aliphatic carboxylic acids is 1. The van der Waals surface area contributed by atoms with Crippen molar-refractivity contribution in [3.8, 4) is 5.69 Å². The lowest BCUT2D eigenvalue weighted by Gasteiger charge is -2.01. The molecule has 2 aromatic rings. The van der Waals surface area contributed by atoms with E-state index in [1.54, 1.807) is 19.1 Å². The van der Waals surface area contributed by atoms with Gasteiger partial charge in [0.2, 0.25) is 0 Å². The van der Waals surface area contributed by atoms with Gasteiger partial charge in [0, 0.05) is 6.42 Å². The van der Waals surface area contributed by atoms with Crippen LogP contribution in [0.5, 0.6) is 0 Å². The van der Waals surface area contributed by atoms with Gasteiger partial charge in [-0.05, 0) is 25.1 Å². The van der Waals surface area contributed by atoms with Gasteiger partial charge in [-0.1, -0.05) is 6.07 Å². The molecular formula is C12H12FN3O2. The number of hydrogen-bond acceptors (Lipinski definition) is 3. The molecule has 1 aromatic carbocycles. The van der Waals surface area contributed by atoms with Gasteiger partial charge < -0.3 is 5.11 Å². The Kier molecular flexibility index (Phi) is 3.36. The van der Waals surface area contributed by atoms with Gasteiger partial charge >= 0.3 is 5.97 Å². The fourth-order valence-corrected chi connectivity index (χ4v) is 1.62. The number of carbonyl (C=O) groups is 1. The number of aromatic nitrogens is 3. The van der Waals surface area contributed by atoms with Crippen molar-refractivity contribution in [3.05, 3.63) is 41.7 Å². The molecule has 0 aliphatic carbocycles. The molecule has 1 aromatic heterocycles. The smallest absolute Gasteiger partial charge is 0.303 e. The third-order valence-corrected chi connectivity index (χ3v) is 2.43. The molecular weight excluding hydrogens is 237 g/mol. The normalized spacial score (nSPS) is 10.6. The Bertz CT molecular complexity index is 580. The SMILES string of the molecule is Cc1nc(CCC(=O)O)nn1-c1cccc(F)c1. The topological polar surface area (TPSA) is 68.0 Å². The molecule has 0 saturated carbocycles. The van der Waals surface area contributed by atoms with Crippen molar-refractivity contribution in [3.63, 3.8) is 0 Å². The van der Waals surface area contributed by atoms with Crippen LogP contribution in [0.2, 0.25) is 0 Å². The fraction of sp³-hybridized carbons (Fsp3) is 0.250. The van der Waals surface area contributed by atoms with Crippen LogP contribution in [-0.2, 0) is 11.2 Å². The van der Waals surface area contributed by atoms with Crippen LogP contribution in [-0.4, -0.2) is 25.8 Å². The summed E-state index contributed by atoms with van der Waals surface area (Å²) >= 11 is 0. The average Bonchev–Trinajstić information content (AvgIpc) is 2.68. The number of hydrogen-bond donors (Lipinski definition) is 1. The molecule has 0 saturated heterocycles. The lowest BCUT2D eigenvalue weighted by atomic mass is 10.3. The number of aryl methyl sites for hydroxylation is 2. The van der Waals surface area contributed by atoms with Gasteiger partial charge in [0.25, 0.3) is 0 Å². The maximum absolute atomic E-state index is 13.1. The van der Waals surface area contributed by atoms with Crippen LogP contribution in [0, 0.1) is 12.7 Å². The van der Waals surface area contributed by atoms with Crippen molar-refractivity contribution in [1.82, 2.24) is 14.8 Å². The molecule has 0 atom stereocenters. The molecule has 94 valence electrons. The van der Waals surface area contributed by atoms with Gasteiger partial charge in [-0.3, -0.25) is 4.79 Å². The van der Waals surface area contributed by atoms with Gasteiger partial charge in [0.15, 0.2) is 5.82 Å². The zero-order valence-electron chi connectivity index (χ0n) is 9.80. The largest absolute Gasteiger partial charge is 0.481 e. The molecule has 0 unspecified atom stereocenters. The van der Waals surface area contributed by atoms with Crippen LogP contribution in [0.1, 0.15) is 18.1 Å². The Morgan fingerprint density at radius 2 is 2.28 bits per heavy atom. The van der Waals surface area contributed by atoms with Crippen LogP contribution < -0.4 is 0 Å². The molecule has 0 radical (unpaired) electrons. The molecule has 5 nitrogen and oxygen atoms in total. The van der Waals surface area contributed by atoms with Crippen molar-refractivity contribution in [2.24, 2.45) is 0 Å². The second kappa shape index (κ2) is 4.95. The van der Waals surface area contributed by atoms with Crippen molar-refractivity contribution >= 4 is 5.97 Å². The monoisotopic (exact) mass is 249 g/mol. The Labute approximate surface area is 103 Å². The number of rotatable bonds is 4. The van der Waals surface area contributed by atoms with Gasteiger partial charge in [-0.15, -0.1) is 0 Å². The quantitative estimate of drug-likeness (QED) is 0.896. The number of carboxylic acids is 1. The maximum atomic E-state index is 13.1. The van der Waals surface area contributed by atoms with Crippen molar-refractivity contribution in [2.75, 3.05) is 0 Å². The maximum Gasteiger partial charge on any atom is 0.303 e. The summed E-state index contributed by atoms with van der Waals surface area (Å²) in [4.78, 5) is 14.6. The molecule has 1 N–H and O–H groups in total. The third-order valence-electron chi connectivity index (χ3n) is 2.43. The van der Waals surface area contributed by atoms with E-state index < -0.39 is 5.97 Å². The molecule has 0 amide bonds.